The number of sulfone groups is 2. The summed E-state index contributed by atoms with van der Waals surface area (Å²) in [5.74, 6) is -4.89. The topological polar surface area (TPSA) is 294 Å². The molecule has 4 heterocycles. The van der Waals surface area contributed by atoms with Crippen LogP contribution in [0.4, 0.5) is 47.8 Å². The van der Waals surface area contributed by atoms with Crippen molar-refractivity contribution >= 4 is 156 Å². The molecule has 116 heavy (non-hydrogen) atoms. The SMILES string of the molecule is CC(=O)C1=Cc2cc(Cl)cc(Cl)c2O[C@@H]1C(F)(F)F.CC1(C)OC(=O)C(Oc2ccc(F)c(F)c2)=C1c1ccc(S(C)(=O)=O)cc1.CS(=O)(=O)c1ccc(C2=CCC(=O)N2c2ccc(Cl)cc2)cc1.Cc1ccc(Sc2cc3c(cc2NS(C)(=O)=O)CCC3=O)c(F)c1.NS(=O)(=O)c1ccc(C2=CCC(=O)N2c2ccc(F)cc2)cc1. The average molecular weight is 1750 g/mol. The van der Waals surface area contributed by atoms with Crippen molar-refractivity contribution in [1.29, 1.82) is 0 Å². The summed E-state index contributed by atoms with van der Waals surface area (Å²) in [6.45, 7) is 6.13. The van der Waals surface area contributed by atoms with E-state index in [-0.39, 0.29) is 83.2 Å². The first kappa shape index (κ1) is 88.0. The number of carbonyl (C=O) groups excluding carboxylic acids is 5. The molecular weight excluding hydrogens is 1680 g/mol. The Labute approximate surface area is 681 Å². The van der Waals surface area contributed by atoms with Crippen LogP contribution in [-0.4, -0.2) is 99.7 Å². The number of nitrogens with one attached hydrogen (secondary N) is 1. The first-order valence-corrected chi connectivity index (χ1v) is 43.3. The molecule has 5 aliphatic rings. The number of carbonyl (C=O) groups is 5. The van der Waals surface area contributed by atoms with Crippen LogP contribution in [0.15, 0.2) is 230 Å². The molecule has 2 amide bonds. The Morgan fingerprint density at radius 2 is 1.13 bits per heavy atom. The molecule has 9 aromatic rings. The molecule has 0 spiro atoms. The second kappa shape index (κ2) is 35.2. The van der Waals surface area contributed by atoms with Gasteiger partial charge < -0.3 is 14.2 Å². The lowest BCUT2D eigenvalue weighted by Crippen LogP contribution is -2.39. The van der Waals surface area contributed by atoms with E-state index in [0.717, 1.165) is 77.5 Å². The minimum Gasteiger partial charge on any atom is -0.474 e. The zero-order valence-corrected chi connectivity index (χ0v) is 68.1. The Morgan fingerprint density at radius 3 is 1.62 bits per heavy atom. The Bertz CT molecular complexity index is 5900. The number of hydrogen-bond acceptors (Lipinski definition) is 17. The van der Waals surface area contributed by atoms with Gasteiger partial charge in [-0.15, -0.1) is 0 Å². The lowest BCUT2D eigenvalue weighted by molar-refractivity contribution is -0.184. The molecule has 0 saturated heterocycles. The molecule has 9 aromatic carbocycles. The number of anilines is 3. The van der Waals surface area contributed by atoms with Gasteiger partial charge in [-0.1, -0.05) is 101 Å². The standard InChI is InChI=1S/C19H16F2O5S.C17H14ClNO3S.C17H16FNO3S2.C16H13FN2O3S.C12H7Cl2F3O2/c1-19(2)16(11-4-7-13(8-5-11)27(3,23)24)17(18(22)26-19)25-12-6-9-14(20)15(21)10-12;1-23(21,22)15-8-2-12(3-9-15)16-10-11-17(20)19(16)14-6-4-13(18)5-7-14;1-10-3-6-16(13(18)7-10)23-17-9-12-11(4-5-15(12)20)8-14(17)19-24(2,21)22;17-12-3-5-13(6-4-12)19-15(9-10-16(19)20)11-1-7-14(8-2-11)23(18,21)22;1-5(18)8-3-6-2-7(13)4-9(14)10(6)19-11(8)12(15,16)17/h4-10H,1-3H3;2-10H,11H2,1H3;3,6-9,19H,4-5H2,1-2H3;1-9H,10H2,(H2,18,21,22);2-4,11H,1H3/t;;;;11-/m....0/s1. The molecule has 0 aromatic heterocycles. The van der Waals surface area contributed by atoms with Crippen LogP contribution < -0.4 is 29.1 Å². The van der Waals surface area contributed by atoms with Crippen LogP contribution in [0.25, 0.3) is 23.0 Å². The van der Waals surface area contributed by atoms with Crippen molar-refractivity contribution in [1.82, 2.24) is 0 Å². The predicted octanol–water partition coefficient (Wildman–Crippen LogP) is 17.3. The van der Waals surface area contributed by atoms with E-state index < -0.39 is 86.6 Å². The van der Waals surface area contributed by atoms with Crippen LogP contribution in [0.2, 0.25) is 15.1 Å². The van der Waals surface area contributed by atoms with Gasteiger partial charge in [-0.25, -0.2) is 61.2 Å². The zero-order valence-electron chi connectivity index (χ0n) is 61.8. The predicted molar refractivity (Wildman–Crippen MR) is 427 cm³/mol. The maximum absolute atomic E-state index is 14.1. The van der Waals surface area contributed by atoms with Crippen molar-refractivity contribution in [2.24, 2.45) is 5.14 Å². The summed E-state index contributed by atoms with van der Waals surface area (Å²) >= 11 is 18.6. The number of esters is 1. The maximum Gasteiger partial charge on any atom is 0.429 e. The summed E-state index contributed by atoms with van der Waals surface area (Å²) in [7, 11) is -13.9. The first-order chi connectivity index (χ1) is 54.1. The number of alkyl halides is 3. The van der Waals surface area contributed by atoms with Gasteiger partial charge in [-0.05, 0) is 201 Å². The van der Waals surface area contributed by atoms with E-state index in [1.165, 1.54) is 96.1 Å². The van der Waals surface area contributed by atoms with E-state index in [2.05, 4.69) is 4.72 Å². The molecule has 3 N–H and O–H groups in total. The molecule has 606 valence electrons. The minimum atomic E-state index is -4.70. The van der Waals surface area contributed by atoms with Crippen LogP contribution in [-0.2, 0) is 70.1 Å². The summed E-state index contributed by atoms with van der Waals surface area (Å²) < 4.78 is 203. The quantitative estimate of drug-likeness (QED) is 0.0712. The summed E-state index contributed by atoms with van der Waals surface area (Å²) in [6.07, 6.45) is 2.56. The number of ketones is 2. The number of ether oxygens (including phenoxy) is 3. The number of Topliss-reactive ketones (excluding diaryl/α,β-unsaturated/α-hetero) is 2. The van der Waals surface area contributed by atoms with Crippen molar-refractivity contribution in [2.75, 3.05) is 33.3 Å². The summed E-state index contributed by atoms with van der Waals surface area (Å²) in [5.41, 5.74) is 6.30. The number of primary sulfonamides is 1. The number of aryl methyl sites for hydroxylation is 2. The Balaban J connectivity index is 0.000000154. The largest absolute Gasteiger partial charge is 0.474 e. The zero-order chi connectivity index (χ0) is 85.1. The van der Waals surface area contributed by atoms with E-state index in [9.17, 15) is 88.4 Å². The van der Waals surface area contributed by atoms with Gasteiger partial charge in [0.25, 0.3) is 0 Å². The van der Waals surface area contributed by atoms with E-state index in [0.29, 0.717) is 73.4 Å². The monoisotopic (exact) mass is 1750 g/mol. The molecule has 0 bridgehead atoms. The highest BCUT2D eigenvalue weighted by Gasteiger charge is 2.48. The van der Waals surface area contributed by atoms with E-state index >= 15 is 0 Å². The van der Waals surface area contributed by atoms with Crippen molar-refractivity contribution in [3.05, 3.63) is 283 Å². The second-order valence-electron chi connectivity index (χ2n) is 26.8. The molecule has 1 aliphatic carbocycles. The summed E-state index contributed by atoms with van der Waals surface area (Å²) in [5, 5.41) is 5.89. The van der Waals surface area contributed by atoms with Crippen LogP contribution in [0, 0.1) is 30.2 Å². The van der Waals surface area contributed by atoms with Gasteiger partial charge in [0.05, 0.1) is 48.6 Å². The number of nitrogens with two attached hydrogens (primary N) is 1. The van der Waals surface area contributed by atoms with Gasteiger partial charge in [0.2, 0.25) is 43.7 Å². The molecule has 1 atom stereocenters. The molecule has 0 unspecified atom stereocenters. The third-order valence-corrected chi connectivity index (χ3v) is 23.1. The number of halogens is 10. The number of cyclic esters (lactones) is 1. The van der Waals surface area contributed by atoms with Gasteiger partial charge >= 0.3 is 12.1 Å². The third-order valence-electron chi connectivity index (χ3n) is 17.5. The Hall–Kier alpha value is -10.4. The molecule has 0 saturated carbocycles. The van der Waals surface area contributed by atoms with E-state index in [4.69, 9.17) is 54.2 Å². The number of hydrogen-bond donors (Lipinski definition) is 2. The first-order valence-electron chi connectivity index (χ1n) is 34.1. The molecular formula is C81H66Cl3F7N4O16S5. The number of amides is 2. The molecule has 14 rings (SSSR count). The van der Waals surface area contributed by atoms with Gasteiger partial charge in [-0.3, -0.25) is 33.7 Å². The lowest BCUT2D eigenvalue weighted by Gasteiger charge is -2.28. The summed E-state index contributed by atoms with van der Waals surface area (Å²) in [6, 6.07) is 44.7. The van der Waals surface area contributed by atoms with Gasteiger partial charge in [0.15, 0.2) is 42.9 Å². The maximum atomic E-state index is 14.1. The van der Waals surface area contributed by atoms with Crippen molar-refractivity contribution in [3.8, 4) is 11.5 Å². The van der Waals surface area contributed by atoms with E-state index in [1.54, 1.807) is 117 Å². The number of rotatable bonds is 15. The Kier molecular flexibility index (Phi) is 26.7. The highest BCUT2D eigenvalue weighted by molar-refractivity contribution is 7.99. The van der Waals surface area contributed by atoms with Gasteiger partial charge in [0, 0.05) is 85.8 Å². The van der Waals surface area contributed by atoms with Crippen LogP contribution in [0.5, 0.6) is 11.5 Å². The molecule has 4 aliphatic heterocycles. The number of sulfonamides is 2. The van der Waals surface area contributed by atoms with Crippen molar-refractivity contribution in [2.45, 2.75) is 95.7 Å². The molecule has 35 heteroatoms. The van der Waals surface area contributed by atoms with Crippen LogP contribution in [0.3, 0.4) is 0 Å². The normalized spacial score (nSPS) is 15.6. The van der Waals surface area contributed by atoms with Gasteiger partial charge in [0.1, 0.15) is 28.7 Å². The van der Waals surface area contributed by atoms with Crippen LogP contribution in [0.1, 0.15) is 83.8 Å². The number of fused-ring (bicyclic) bond motifs is 2. The highest BCUT2D eigenvalue weighted by atomic mass is 35.5. The Morgan fingerprint density at radius 1 is 0.603 bits per heavy atom. The van der Waals surface area contributed by atoms with Crippen LogP contribution >= 0.6 is 46.6 Å². The summed E-state index contributed by atoms with van der Waals surface area (Å²) in [4.78, 5) is 64.3. The average Bonchev–Trinajstić information content (AvgIpc) is 1.73. The fraction of sp³-hybridized carbons (Fsp3) is 0.173. The smallest absolute Gasteiger partial charge is 0.429 e. The van der Waals surface area contributed by atoms with Gasteiger partial charge in [-0.2, -0.15) is 13.2 Å². The fourth-order valence-electron chi connectivity index (χ4n) is 12.1. The third kappa shape index (κ3) is 21.6. The number of benzene rings is 9. The molecule has 20 nitrogen and oxygen atoms in total. The molecule has 0 radical (unpaired) electrons. The number of nitrogens with zero attached hydrogens (tertiary/aromatic N) is 2. The highest BCUT2D eigenvalue weighted by Crippen LogP contribution is 2.45. The van der Waals surface area contributed by atoms with Crippen molar-refractivity contribution < 1.29 is 103 Å². The van der Waals surface area contributed by atoms with Crippen molar-refractivity contribution in [3.63, 3.8) is 0 Å². The molecule has 0 fully saturated rings. The lowest BCUT2D eigenvalue weighted by atomic mass is 9.92. The van der Waals surface area contributed by atoms with E-state index in [1.807, 2.05) is 6.08 Å². The minimum absolute atomic E-state index is 0.000458. The second-order valence-corrected chi connectivity index (χ2v) is 36.5. The fourth-order valence-corrected chi connectivity index (χ4v) is 16.2.